The van der Waals surface area contributed by atoms with Gasteiger partial charge in [-0.2, -0.15) is 0 Å². The van der Waals surface area contributed by atoms with E-state index < -0.39 is 21.8 Å². The van der Waals surface area contributed by atoms with Crippen LogP contribution >= 0.6 is 34.8 Å². The molecule has 0 aliphatic carbocycles. The van der Waals surface area contributed by atoms with Crippen LogP contribution in [0.25, 0.3) is 0 Å². The fourth-order valence-electron chi connectivity index (χ4n) is 2.78. The Morgan fingerprint density at radius 2 is 1.50 bits per heavy atom. The van der Waals surface area contributed by atoms with Crippen LogP contribution in [0.15, 0.2) is 72.8 Å². The third-order valence-corrected chi connectivity index (χ3v) is 4.72. The van der Waals surface area contributed by atoms with E-state index in [9.17, 15) is 4.79 Å². The minimum Gasteiger partial charge on any atom is -0.470 e. The first-order valence-corrected chi connectivity index (χ1v) is 9.56. The van der Waals surface area contributed by atoms with Crippen molar-refractivity contribution in [2.75, 3.05) is 7.11 Å². The minimum absolute atomic E-state index is 0.0402. The SMILES string of the molecule is C=C(C(=O)OC)C(CC(c1ccccc1)c1ccccc1)OC(=N)C(Cl)(Cl)Cl. The van der Waals surface area contributed by atoms with Crippen molar-refractivity contribution in [1.82, 2.24) is 0 Å². The molecule has 0 aromatic heterocycles. The molecule has 2 aromatic rings. The molecular formula is C21H20Cl3NO3. The van der Waals surface area contributed by atoms with Gasteiger partial charge in [0.15, 0.2) is 0 Å². The number of hydrogen-bond acceptors (Lipinski definition) is 4. The summed E-state index contributed by atoms with van der Waals surface area (Å²) < 4.78 is 8.27. The lowest BCUT2D eigenvalue weighted by Gasteiger charge is -2.27. The van der Waals surface area contributed by atoms with E-state index in [-0.39, 0.29) is 11.5 Å². The van der Waals surface area contributed by atoms with E-state index in [0.29, 0.717) is 6.42 Å². The van der Waals surface area contributed by atoms with Crippen molar-refractivity contribution in [3.63, 3.8) is 0 Å². The van der Waals surface area contributed by atoms with Gasteiger partial charge >= 0.3 is 5.97 Å². The predicted molar refractivity (Wildman–Crippen MR) is 113 cm³/mol. The molecule has 148 valence electrons. The summed E-state index contributed by atoms with van der Waals surface area (Å²) in [4.78, 5) is 12.1. The summed E-state index contributed by atoms with van der Waals surface area (Å²) in [6, 6.07) is 19.5. The van der Waals surface area contributed by atoms with E-state index in [0.717, 1.165) is 11.1 Å². The first-order chi connectivity index (χ1) is 13.2. The van der Waals surface area contributed by atoms with Crippen molar-refractivity contribution >= 4 is 46.7 Å². The average molecular weight is 441 g/mol. The lowest BCUT2D eigenvalue weighted by molar-refractivity contribution is -0.137. The highest BCUT2D eigenvalue weighted by Gasteiger charge is 2.34. The summed E-state index contributed by atoms with van der Waals surface area (Å²) in [5, 5.41) is 7.90. The molecule has 0 saturated heterocycles. The quantitative estimate of drug-likeness (QED) is 0.198. The molecular weight excluding hydrogens is 421 g/mol. The average Bonchev–Trinajstić information content (AvgIpc) is 2.70. The van der Waals surface area contributed by atoms with E-state index in [1.807, 2.05) is 60.7 Å². The van der Waals surface area contributed by atoms with Crippen LogP contribution in [-0.2, 0) is 14.3 Å². The maximum Gasteiger partial charge on any atom is 0.336 e. The Morgan fingerprint density at radius 3 is 1.89 bits per heavy atom. The molecule has 1 unspecified atom stereocenters. The summed E-state index contributed by atoms with van der Waals surface area (Å²) in [6.45, 7) is 3.78. The number of benzene rings is 2. The summed E-state index contributed by atoms with van der Waals surface area (Å²) >= 11 is 17.3. The summed E-state index contributed by atoms with van der Waals surface area (Å²) in [5.74, 6) is -1.38. The van der Waals surface area contributed by atoms with Gasteiger partial charge in [-0.25, -0.2) is 4.79 Å². The van der Waals surface area contributed by atoms with Gasteiger partial charge in [-0.15, -0.1) is 0 Å². The first-order valence-electron chi connectivity index (χ1n) is 8.43. The van der Waals surface area contributed by atoms with Crippen LogP contribution in [0, 0.1) is 5.41 Å². The van der Waals surface area contributed by atoms with Gasteiger partial charge in [0.1, 0.15) is 6.10 Å². The number of carbonyl (C=O) groups is 1. The zero-order valence-corrected chi connectivity index (χ0v) is 17.5. The molecule has 1 N–H and O–H groups in total. The molecule has 0 bridgehead atoms. The molecule has 2 aromatic carbocycles. The van der Waals surface area contributed by atoms with Crippen molar-refractivity contribution in [3.8, 4) is 0 Å². The third kappa shape index (κ3) is 5.99. The molecule has 28 heavy (non-hydrogen) atoms. The van der Waals surface area contributed by atoms with Crippen LogP contribution in [0.2, 0.25) is 0 Å². The van der Waals surface area contributed by atoms with Crippen LogP contribution in [0.5, 0.6) is 0 Å². The van der Waals surface area contributed by atoms with Gasteiger partial charge in [0.2, 0.25) is 5.90 Å². The molecule has 0 radical (unpaired) electrons. The largest absolute Gasteiger partial charge is 0.470 e. The lowest BCUT2D eigenvalue weighted by Crippen LogP contribution is -2.32. The zero-order chi connectivity index (χ0) is 20.7. The fourth-order valence-corrected chi connectivity index (χ4v) is 2.92. The van der Waals surface area contributed by atoms with Gasteiger partial charge in [-0.1, -0.05) is 102 Å². The molecule has 2 rings (SSSR count). The molecule has 4 nitrogen and oxygen atoms in total. The van der Waals surface area contributed by atoms with Crippen LogP contribution < -0.4 is 0 Å². The van der Waals surface area contributed by atoms with Crippen molar-refractivity contribution in [2.24, 2.45) is 0 Å². The number of alkyl halides is 3. The Bertz CT molecular complexity index is 780. The summed E-state index contributed by atoms with van der Waals surface area (Å²) in [6.07, 6.45) is -0.619. The zero-order valence-electron chi connectivity index (χ0n) is 15.2. The molecule has 0 spiro atoms. The van der Waals surface area contributed by atoms with Gasteiger partial charge in [-0.3, -0.25) is 5.41 Å². The third-order valence-electron chi connectivity index (χ3n) is 4.21. The fraction of sp³-hybridized carbons (Fsp3) is 0.238. The van der Waals surface area contributed by atoms with Crippen LogP contribution in [-0.4, -0.2) is 28.9 Å². The van der Waals surface area contributed by atoms with Crippen molar-refractivity contribution < 1.29 is 14.3 Å². The Hall–Kier alpha value is -2.01. The maximum absolute atomic E-state index is 12.1. The number of halogens is 3. The molecule has 0 heterocycles. The van der Waals surface area contributed by atoms with Crippen molar-refractivity contribution in [1.29, 1.82) is 5.41 Å². The summed E-state index contributed by atoms with van der Waals surface area (Å²) in [5.41, 5.74) is 2.07. The lowest BCUT2D eigenvalue weighted by atomic mass is 9.85. The first kappa shape index (κ1) is 22.3. The Balaban J connectivity index is 2.40. The van der Waals surface area contributed by atoms with Gasteiger partial charge in [0.25, 0.3) is 3.79 Å². The summed E-state index contributed by atoms with van der Waals surface area (Å²) in [7, 11) is 1.25. The van der Waals surface area contributed by atoms with Gasteiger partial charge in [0.05, 0.1) is 12.7 Å². The van der Waals surface area contributed by atoms with Gasteiger partial charge in [0, 0.05) is 5.92 Å². The molecule has 0 fully saturated rings. The second-order valence-corrected chi connectivity index (χ2v) is 8.34. The van der Waals surface area contributed by atoms with Crippen LogP contribution in [0.3, 0.4) is 0 Å². The van der Waals surface area contributed by atoms with Gasteiger partial charge < -0.3 is 9.47 Å². The van der Waals surface area contributed by atoms with E-state index in [4.69, 9.17) is 49.7 Å². The van der Waals surface area contributed by atoms with Crippen molar-refractivity contribution in [3.05, 3.63) is 83.9 Å². The molecule has 1 atom stereocenters. The maximum atomic E-state index is 12.1. The van der Waals surface area contributed by atoms with E-state index in [1.165, 1.54) is 7.11 Å². The molecule has 0 aliphatic heterocycles. The van der Waals surface area contributed by atoms with E-state index >= 15 is 0 Å². The number of carbonyl (C=O) groups excluding carboxylic acids is 1. The Kier molecular flexibility index (Phi) is 7.93. The predicted octanol–water partition coefficient (Wildman–Crippen LogP) is 5.67. The van der Waals surface area contributed by atoms with E-state index in [2.05, 4.69) is 6.58 Å². The Labute approximate surface area is 179 Å². The molecule has 0 saturated carbocycles. The molecule has 0 aliphatic rings. The normalized spacial score (nSPS) is 12.3. The number of hydrogen-bond donors (Lipinski definition) is 1. The number of methoxy groups -OCH3 is 1. The highest BCUT2D eigenvalue weighted by Crippen LogP contribution is 2.34. The standard InChI is InChI=1S/C21H20Cl3NO3/c1-14(19(26)27-2)18(28-20(25)21(22,23)24)13-17(15-9-5-3-6-10-15)16-11-7-4-8-12-16/h3-12,17-18,25H,1,13H2,2H3. The highest BCUT2D eigenvalue weighted by atomic mass is 35.6. The van der Waals surface area contributed by atoms with Crippen molar-refractivity contribution in [2.45, 2.75) is 22.2 Å². The number of rotatable bonds is 7. The number of esters is 1. The molecule has 0 amide bonds. The number of nitrogens with one attached hydrogen (secondary N) is 1. The second-order valence-electron chi connectivity index (χ2n) is 6.06. The van der Waals surface area contributed by atoms with Gasteiger partial charge in [-0.05, 0) is 17.5 Å². The highest BCUT2D eigenvalue weighted by molar-refractivity contribution is 6.76. The second kappa shape index (κ2) is 9.97. The van der Waals surface area contributed by atoms with E-state index in [1.54, 1.807) is 0 Å². The Morgan fingerprint density at radius 1 is 1.04 bits per heavy atom. The molecule has 7 heteroatoms. The van der Waals surface area contributed by atoms with Crippen LogP contribution in [0.4, 0.5) is 0 Å². The topological polar surface area (TPSA) is 59.4 Å². The smallest absolute Gasteiger partial charge is 0.336 e. The monoisotopic (exact) mass is 439 g/mol. The van der Waals surface area contributed by atoms with Crippen LogP contribution in [0.1, 0.15) is 23.5 Å². The number of ether oxygens (including phenoxy) is 2. The minimum atomic E-state index is -2.05.